The molecule has 3 atom stereocenters. The van der Waals surface area contributed by atoms with Crippen LogP contribution in [0.2, 0.25) is 0 Å². The SMILES string of the molecule is Cc1noc([C@H]2C[C@H](O)CN2CC2CCCNC2)n1.Cl. The third kappa shape index (κ3) is 3.49. The number of hydrogen-bond acceptors (Lipinski definition) is 6. The molecule has 0 aromatic carbocycles. The third-order valence-corrected chi connectivity index (χ3v) is 4.10. The summed E-state index contributed by atoms with van der Waals surface area (Å²) in [6, 6.07) is 0.0816. The van der Waals surface area contributed by atoms with E-state index in [-0.39, 0.29) is 24.6 Å². The van der Waals surface area contributed by atoms with Gasteiger partial charge in [0.05, 0.1) is 12.1 Å². The maximum atomic E-state index is 9.92. The average Bonchev–Trinajstić information content (AvgIpc) is 2.97. The van der Waals surface area contributed by atoms with Crippen LogP contribution in [-0.2, 0) is 0 Å². The highest BCUT2D eigenvalue weighted by Crippen LogP contribution is 2.32. The molecular formula is C13H23ClN4O2. The Kier molecular flexibility index (Phi) is 5.37. The van der Waals surface area contributed by atoms with Crippen LogP contribution in [0.1, 0.15) is 37.0 Å². The third-order valence-electron chi connectivity index (χ3n) is 4.10. The molecule has 1 aromatic rings. The summed E-state index contributed by atoms with van der Waals surface area (Å²) in [6.07, 6.45) is 2.91. The van der Waals surface area contributed by atoms with Gasteiger partial charge in [0.15, 0.2) is 5.82 Å². The fourth-order valence-corrected chi connectivity index (χ4v) is 3.20. The number of likely N-dealkylation sites (tertiary alicyclic amines) is 1. The summed E-state index contributed by atoms with van der Waals surface area (Å²) < 4.78 is 5.29. The largest absolute Gasteiger partial charge is 0.392 e. The Balaban J connectivity index is 0.00000147. The second kappa shape index (κ2) is 6.85. The molecule has 3 heterocycles. The quantitative estimate of drug-likeness (QED) is 0.864. The summed E-state index contributed by atoms with van der Waals surface area (Å²) in [6.45, 7) is 5.74. The molecule has 0 aliphatic carbocycles. The molecule has 0 saturated carbocycles. The van der Waals surface area contributed by atoms with Crippen molar-refractivity contribution in [2.75, 3.05) is 26.2 Å². The Morgan fingerprint density at radius 1 is 1.50 bits per heavy atom. The minimum Gasteiger partial charge on any atom is -0.392 e. The van der Waals surface area contributed by atoms with Gasteiger partial charge in [0.1, 0.15) is 0 Å². The lowest BCUT2D eigenvalue weighted by molar-refractivity contribution is 0.150. The Bertz CT molecular complexity index is 422. The number of hydrogen-bond donors (Lipinski definition) is 2. The van der Waals surface area contributed by atoms with Crippen LogP contribution in [0.5, 0.6) is 0 Å². The second-order valence-corrected chi connectivity index (χ2v) is 5.75. The summed E-state index contributed by atoms with van der Waals surface area (Å²) in [5.41, 5.74) is 0. The van der Waals surface area contributed by atoms with E-state index in [4.69, 9.17) is 4.52 Å². The normalized spacial score (nSPS) is 31.2. The highest BCUT2D eigenvalue weighted by molar-refractivity contribution is 5.85. The molecule has 1 unspecified atom stereocenters. The standard InChI is InChI=1S/C13H22N4O2.ClH/c1-9-15-13(19-16-9)12-5-11(18)8-17(12)7-10-3-2-4-14-6-10;/h10-12,14,18H,2-8H2,1H3;1H/t10?,11-,12+;/m0./s1. The Hall–Kier alpha value is -0.690. The molecule has 0 spiro atoms. The molecule has 20 heavy (non-hydrogen) atoms. The Morgan fingerprint density at radius 3 is 3.00 bits per heavy atom. The van der Waals surface area contributed by atoms with E-state index in [1.54, 1.807) is 0 Å². The van der Waals surface area contributed by atoms with Crippen LogP contribution in [0.25, 0.3) is 0 Å². The number of nitrogens with one attached hydrogen (secondary N) is 1. The molecule has 1 aromatic heterocycles. The highest BCUT2D eigenvalue weighted by Gasteiger charge is 2.36. The number of rotatable bonds is 3. The zero-order chi connectivity index (χ0) is 13.2. The number of aryl methyl sites for hydroxylation is 1. The monoisotopic (exact) mass is 302 g/mol. The zero-order valence-corrected chi connectivity index (χ0v) is 12.6. The van der Waals surface area contributed by atoms with Gasteiger partial charge in [-0.2, -0.15) is 4.98 Å². The fraction of sp³-hybridized carbons (Fsp3) is 0.846. The molecule has 6 nitrogen and oxygen atoms in total. The van der Waals surface area contributed by atoms with Crippen molar-refractivity contribution in [2.45, 2.75) is 38.3 Å². The molecule has 2 fully saturated rings. The predicted molar refractivity (Wildman–Crippen MR) is 76.8 cm³/mol. The van der Waals surface area contributed by atoms with Gasteiger partial charge in [-0.1, -0.05) is 5.16 Å². The Morgan fingerprint density at radius 2 is 2.35 bits per heavy atom. The minimum atomic E-state index is -0.284. The van der Waals surface area contributed by atoms with Crippen molar-refractivity contribution >= 4 is 12.4 Å². The highest BCUT2D eigenvalue weighted by atomic mass is 35.5. The van der Waals surface area contributed by atoms with E-state index in [2.05, 4.69) is 20.4 Å². The number of piperidine rings is 1. The van der Waals surface area contributed by atoms with E-state index in [0.29, 0.717) is 30.6 Å². The summed E-state index contributed by atoms with van der Waals surface area (Å²) in [5.74, 6) is 1.97. The molecule has 0 amide bonds. The summed E-state index contributed by atoms with van der Waals surface area (Å²) in [5, 5.41) is 17.2. The first kappa shape index (κ1) is 15.7. The lowest BCUT2D eigenvalue weighted by atomic mass is 9.99. The van der Waals surface area contributed by atoms with Gasteiger partial charge in [-0.05, 0) is 45.2 Å². The zero-order valence-electron chi connectivity index (χ0n) is 11.8. The molecule has 0 bridgehead atoms. The number of nitrogens with zero attached hydrogens (tertiary/aromatic N) is 3. The van der Waals surface area contributed by atoms with Crippen molar-refractivity contribution in [3.05, 3.63) is 11.7 Å². The first-order valence-corrected chi connectivity index (χ1v) is 7.15. The number of β-amino-alcohol motifs (C(OH)–C–C–N with tert-alkyl or cyclic N) is 1. The minimum absolute atomic E-state index is 0. The summed E-state index contributed by atoms with van der Waals surface area (Å²) in [4.78, 5) is 6.63. The van der Waals surface area contributed by atoms with Gasteiger partial charge in [0.25, 0.3) is 0 Å². The van der Waals surface area contributed by atoms with E-state index in [0.717, 1.165) is 19.6 Å². The first-order chi connectivity index (χ1) is 9.22. The van der Waals surface area contributed by atoms with Crippen molar-refractivity contribution in [3.8, 4) is 0 Å². The maximum absolute atomic E-state index is 9.92. The fourth-order valence-electron chi connectivity index (χ4n) is 3.20. The van der Waals surface area contributed by atoms with Crippen LogP contribution in [0, 0.1) is 12.8 Å². The first-order valence-electron chi connectivity index (χ1n) is 7.15. The molecule has 2 N–H and O–H groups in total. The van der Waals surface area contributed by atoms with E-state index < -0.39 is 0 Å². The van der Waals surface area contributed by atoms with Gasteiger partial charge in [-0.25, -0.2) is 0 Å². The Labute approximate surface area is 125 Å². The van der Waals surface area contributed by atoms with E-state index >= 15 is 0 Å². The van der Waals surface area contributed by atoms with Crippen LogP contribution >= 0.6 is 12.4 Å². The van der Waals surface area contributed by atoms with Crippen LogP contribution in [0.3, 0.4) is 0 Å². The molecule has 2 aliphatic rings. The number of aromatic nitrogens is 2. The molecule has 2 aliphatic heterocycles. The summed E-state index contributed by atoms with van der Waals surface area (Å²) >= 11 is 0. The number of aliphatic hydroxyl groups excluding tert-OH is 1. The predicted octanol–water partition coefficient (Wildman–Crippen LogP) is 0.907. The van der Waals surface area contributed by atoms with Crippen LogP contribution in [0.4, 0.5) is 0 Å². The van der Waals surface area contributed by atoms with Crippen molar-refractivity contribution in [1.29, 1.82) is 0 Å². The van der Waals surface area contributed by atoms with Gasteiger partial charge in [-0.3, -0.25) is 4.90 Å². The van der Waals surface area contributed by atoms with Gasteiger partial charge in [0, 0.05) is 13.1 Å². The smallest absolute Gasteiger partial charge is 0.244 e. The lowest BCUT2D eigenvalue weighted by Gasteiger charge is -2.29. The van der Waals surface area contributed by atoms with Crippen molar-refractivity contribution in [3.63, 3.8) is 0 Å². The van der Waals surface area contributed by atoms with Crippen molar-refractivity contribution in [1.82, 2.24) is 20.4 Å². The molecule has 7 heteroatoms. The van der Waals surface area contributed by atoms with E-state index in [9.17, 15) is 5.11 Å². The van der Waals surface area contributed by atoms with Crippen LogP contribution < -0.4 is 5.32 Å². The number of aliphatic hydroxyl groups is 1. The van der Waals surface area contributed by atoms with Gasteiger partial charge >= 0.3 is 0 Å². The molecule has 3 rings (SSSR count). The maximum Gasteiger partial charge on any atom is 0.244 e. The molecule has 0 radical (unpaired) electrons. The van der Waals surface area contributed by atoms with Gasteiger partial charge in [0.2, 0.25) is 5.89 Å². The second-order valence-electron chi connectivity index (χ2n) is 5.75. The number of halogens is 1. The molecule has 114 valence electrons. The van der Waals surface area contributed by atoms with E-state index in [1.807, 2.05) is 6.92 Å². The van der Waals surface area contributed by atoms with Crippen LogP contribution in [0.15, 0.2) is 4.52 Å². The average molecular weight is 303 g/mol. The van der Waals surface area contributed by atoms with Crippen molar-refractivity contribution < 1.29 is 9.63 Å². The molecular weight excluding hydrogens is 280 g/mol. The van der Waals surface area contributed by atoms with Gasteiger partial charge in [-0.15, -0.1) is 12.4 Å². The van der Waals surface area contributed by atoms with Crippen LogP contribution in [-0.4, -0.2) is 52.4 Å². The van der Waals surface area contributed by atoms with Crippen molar-refractivity contribution in [2.24, 2.45) is 5.92 Å². The molecule has 2 saturated heterocycles. The topological polar surface area (TPSA) is 74.4 Å². The summed E-state index contributed by atoms with van der Waals surface area (Å²) in [7, 11) is 0. The lowest BCUT2D eigenvalue weighted by Crippen LogP contribution is -2.38. The van der Waals surface area contributed by atoms with Gasteiger partial charge < -0.3 is 14.9 Å². The van der Waals surface area contributed by atoms with E-state index in [1.165, 1.54) is 12.8 Å².